The third kappa shape index (κ3) is 3.27. The van der Waals surface area contributed by atoms with E-state index in [9.17, 15) is 9.90 Å². The Morgan fingerprint density at radius 1 is 1.41 bits per heavy atom. The number of hydrogen-bond donors (Lipinski definition) is 1. The number of carbonyl (C=O) groups is 1. The highest BCUT2D eigenvalue weighted by molar-refractivity contribution is 5.78. The van der Waals surface area contributed by atoms with Crippen LogP contribution in [0.2, 0.25) is 0 Å². The van der Waals surface area contributed by atoms with Gasteiger partial charge in [0.25, 0.3) is 0 Å². The predicted molar refractivity (Wildman–Crippen MR) is 64.4 cm³/mol. The molecule has 1 aliphatic heterocycles. The number of likely N-dealkylation sites (tertiary alicyclic amines) is 1. The summed E-state index contributed by atoms with van der Waals surface area (Å²) in [6.45, 7) is 3.13. The second-order valence-corrected chi connectivity index (χ2v) is 4.91. The van der Waals surface area contributed by atoms with Gasteiger partial charge in [-0.1, -0.05) is 0 Å². The lowest BCUT2D eigenvalue weighted by Crippen LogP contribution is -2.45. The van der Waals surface area contributed by atoms with Crippen molar-refractivity contribution in [1.29, 1.82) is 0 Å². The standard InChI is InChI=1S/C13H18N2O2/c1-13(17)4-8-15(9-5-13)12(16)10-11-2-6-14-7-3-11/h2-3,6-7,17H,4-5,8-10H2,1H3. The first-order chi connectivity index (χ1) is 8.07. The summed E-state index contributed by atoms with van der Waals surface area (Å²) in [5.41, 5.74) is 0.385. The fourth-order valence-corrected chi connectivity index (χ4v) is 2.02. The number of hydrogen-bond acceptors (Lipinski definition) is 3. The van der Waals surface area contributed by atoms with Crippen molar-refractivity contribution in [2.75, 3.05) is 13.1 Å². The Morgan fingerprint density at radius 2 is 2.00 bits per heavy atom. The molecule has 0 aliphatic carbocycles. The maximum atomic E-state index is 12.0. The van der Waals surface area contributed by atoms with Gasteiger partial charge < -0.3 is 10.0 Å². The number of amides is 1. The zero-order chi connectivity index (χ0) is 12.3. The lowest BCUT2D eigenvalue weighted by molar-refractivity contribution is -0.134. The van der Waals surface area contributed by atoms with E-state index < -0.39 is 5.60 Å². The molecule has 1 saturated heterocycles. The minimum Gasteiger partial charge on any atom is -0.390 e. The Hall–Kier alpha value is -1.42. The van der Waals surface area contributed by atoms with E-state index in [4.69, 9.17) is 0 Å². The van der Waals surface area contributed by atoms with E-state index in [0.29, 0.717) is 32.4 Å². The highest BCUT2D eigenvalue weighted by atomic mass is 16.3. The van der Waals surface area contributed by atoms with Gasteiger partial charge in [-0.15, -0.1) is 0 Å². The van der Waals surface area contributed by atoms with Crippen LogP contribution in [0.25, 0.3) is 0 Å². The fourth-order valence-electron chi connectivity index (χ4n) is 2.02. The SMILES string of the molecule is CC1(O)CCN(C(=O)Cc2ccncc2)CC1. The second-order valence-electron chi connectivity index (χ2n) is 4.91. The molecule has 0 radical (unpaired) electrons. The number of nitrogens with zero attached hydrogens (tertiary/aromatic N) is 2. The first-order valence-corrected chi connectivity index (χ1v) is 5.96. The molecule has 2 rings (SSSR count). The van der Waals surface area contributed by atoms with E-state index in [1.165, 1.54) is 0 Å². The molecular weight excluding hydrogens is 216 g/mol. The minimum atomic E-state index is -0.604. The summed E-state index contributed by atoms with van der Waals surface area (Å²) in [7, 11) is 0. The molecule has 0 aromatic carbocycles. The number of rotatable bonds is 2. The number of carbonyl (C=O) groups excluding carboxylic acids is 1. The fraction of sp³-hybridized carbons (Fsp3) is 0.538. The molecule has 1 aromatic rings. The normalized spacial score (nSPS) is 19.1. The molecule has 0 spiro atoms. The summed E-state index contributed by atoms with van der Waals surface area (Å²) in [6.07, 6.45) is 5.14. The highest BCUT2D eigenvalue weighted by Crippen LogP contribution is 2.21. The van der Waals surface area contributed by atoms with E-state index >= 15 is 0 Å². The van der Waals surface area contributed by atoms with Crippen molar-refractivity contribution >= 4 is 5.91 Å². The second kappa shape index (κ2) is 4.84. The average molecular weight is 234 g/mol. The van der Waals surface area contributed by atoms with Gasteiger partial charge in [0.15, 0.2) is 0 Å². The van der Waals surface area contributed by atoms with E-state index in [1.807, 2.05) is 24.0 Å². The number of aliphatic hydroxyl groups is 1. The Morgan fingerprint density at radius 3 is 2.59 bits per heavy atom. The van der Waals surface area contributed by atoms with Crippen LogP contribution in [0.5, 0.6) is 0 Å². The summed E-state index contributed by atoms with van der Waals surface area (Å²) in [5.74, 6) is 0.131. The zero-order valence-corrected chi connectivity index (χ0v) is 10.1. The molecule has 4 heteroatoms. The van der Waals surface area contributed by atoms with E-state index in [2.05, 4.69) is 4.98 Å². The van der Waals surface area contributed by atoms with Crippen LogP contribution in [0, 0.1) is 0 Å². The number of pyridine rings is 1. The molecule has 1 amide bonds. The van der Waals surface area contributed by atoms with Gasteiger partial charge in [-0.25, -0.2) is 0 Å². The molecule has 0 bridgehead atoms. The van der Waals surface area contributed by atoms with Crippen molar-refractivity contribution in [2.45, 2.75) is 31.8 Å². The van der Waals surface area contributed by atoms with Gasteiger partial charge >= 0.3 is 0 Å². The van der Waals surface area contributed by atoms with Crippen LogP contribution < -0.4 is 0 Å². The Balaban J connectivity index is 1.90. The molecule has 17 heavy (non-hydrogen) atoms. The smallest absolute Gasteiger partial charge is 0.226 e. The van der Waals surface area contributed by atoms with Gasteiger partial charge in [0.1, 0.15) is 0 Å². The number of aromatic nitrogens is 1. The maximum Gasteiger partial charge on any atom is 0.226 e. The van der Waals surface area contributed by atoms with Gasteiger partial charge in [-0.3, -0.25) is 9.78 Å². The van der Waals surface area contributed by atoms with Crippen LogP contribution >= 0.6 is 0 Å². The highest BCUT2D eigenvalue weighted by Gasteiger charge is 2.29. The maximum absolute atomic E-state index is 12.0. The molecule has 0 saturated carbocycles. The molecule has 4 nitrogen and oxygen atoms in total. The molecule has 1 fully saturated rings. The zero-order valence-electron chi connectivity index (χ0n) is 10.1. The lowest BCUT2D eigenvalue weighted by atomic mass is 9.93. The molecule has 0 unspecified atom stereocenters. The van der Waals surface area contributed by atoms with Crippen LogP contribution in [0.15, 0.2) is 24.5 Å². The first kappa shape index (κ1) is 12.0. The largest absolute Gasteiger partial charge is 0.390 e. The molecule has 0 atom stereocenters. The Labute approximate surface area is 101 Å². The van der Waals surface area contributed by atoms with Gasteiger partial charge in [0.05, 0.1) is 12.0 Å². The Kier molecular flexibility index (Phi) is 3.43. The van der Waals surface area contributed by atoms with Crippen LogP contribution in [0.4, 0.5) is 0 Å². The third-order valence-electron chi connectivity index (χ3n) is 3.30. The van der Waals surface area contributed by atoms with Gasteiger partial charge in [0.2, 0.25) is 5.91 Å². The molecule has 1 aliphatic rings. The predicted octanol–water partition coefficient (Wildman–Crippen LogP) is 0.998. The van der Waals surface area contributed by atoms with Crippen LogP contribution in [-0.2, 0) is 11.2 Å². The molecule has 2 heterocycles. The van der Waals surface area contributed by atoms with E-state index in [1.54, 1.807) is 12.4 Å². The summed E-state index contributed by atoms with van der Waals surface area (Å²) in [5, 5.41) is 9.82. The summed E-state index contributed by atoms with van der Waals surface area (Å²) < 4.78 is 0. The van der Waals surface area contributed by atoms with Crippen molar-refractivity contribution < 1.29 is 9.90 Å². The molecule has 1 aromatic heterocycles. The number of piperidine rings is 1. The summed E-state index contributed by atoms with van der Waals surface area (Å²) >= 11 is 0. The lowest BCUT2D eigenvalue weighted by Gasteiger charge is -2.35. The van der Waals surface area contributed by atoms with Crippen molar-refractivity contribution in [3.8, 4) is 0 Å². The first-order valence-electron chi connectivity index (χ1n) is 5.96. The van der Waals surface area contributed by atoms with Gasteiger partial charge in [-0.2, -0.15) is 0 Å². The molecule has 1 N–H and O–H groups in total. The van der Waals surface area contributed by atoms with E-state index in [0.717, 1.165) is 5.56 Å². The van der Waals surface area contributed by atoms with Crippen LogP contribution in [0.1, 0.15) is 25.3 Å². The Bertz CT molecular complexity index is 380. The van der Waals surface area contributed by atoms with Crippen molar-refractivity contribution in [2.24, 2.45) is 0 Å². The van der Waals surface area contributed by atoms with Crippen LogP contribution in [-0.4, -0.2) is 39.6 Å². The summed E-state index contributed by atoms with van der Waals surface area (Å²) in [6, 6.07) is 3.72. The molecule has 92 valence electrons. The third-order valence-corrected chi connectivity index (χ3v) is 3.30. The van der Waals surface area contributed by atoms with Crippen molar-refractivity contribution in [3.63, 3.8) is 0 Å². The monoisotopic (exact) mass is 234 g/mol. The van der Waals surface area contributed by atoms with Gasteiger partial charge in [0, 0.05) is 25.5 Å². The topological polar surface area (TPSA) is 53.4 Å². The van der Waals surface area contributed by atoms with Crippen LogP contribution in [0.3, 0.4) is 0 Å². The minimum absolute atomic E-state index is 0.131. The van der Waals surface area contributed by atoms with E-state index in [-0.39, 0.29) is 5.91 Å². The molecular formula is C13H18N2O2. The van der Waals surface area contributed by atoms with Crippen molar-refractivity contribution in [3.05, 3.63) is 30.1 Å². The van der Waals surface area contributed by atoms with Gasteiger partial charge in [-0.05, 0) is 37.5 Å². The summed E-state index contributed by atoms with van der Waals surface area (Å²) in [4.78, 5) is 17.8. The average Bonchev–Trinajstić information content (AvgIpc) is 2.30. The van der Waals surface area contributed by atoms with Crippen molar-refractivity contribution in [1.82, 2.24) is 9.88 Å². The quantitative estimate of drug-likeness (QED) is 0.830.